The Morgan fingerprint density at radius 2 is 2.46 bits per heavy atom. The molecule has 0 aromatic heterocycles. The van der Waals surface area contributed by atoms with Gasteiger partial charge in [0.25, 0.3) is 0 Å². The monoisotopic (exact) mass is 249 g/mol. The van der Waals surface area contributed by atoms with Gasteiger partial charge in [-0.2, -0.15) is 0 Å². The number of amides is 1. The van der Waals surface area contributed by atoms with Crippen molar-refractivity contribution in [2.45, 2.75) is 31.2 Å². The Labute approximate surface area is 87.3 Å². The van der Waals surface area contributed by atoms with Gasteiger partial charge in [-0.1, -0.05) is 22.9 Å². The average molecular weight is 250 g/mol. The summed E-state index contributed by atoms with van der Waals surface area (Å²) in [5, 5.41) is 2.88. The molecule has 3 unspecified atom stereocenters. The molecular formula is C9H16BrNO2. The summed E-state index contributed by atoms with van der Waals surface area (Å²) < 4.78 is 5.32. The minimum absolute atomic E-state index is 0.0567. The van der Waals surface area contributed by atoms with E-state index in [1.54, 1.807) is 0 Å². The van der Waals surface area contributed by atoms with Crippen molar-refractivity contribution < 1.29 is 9.53 Å². The molecule has 4 heteroatoms. The molecular weight excluding hydrogens is 234 g/mol. The molecule has 0 aromatic rings. The van der Waals surface area contributed by atoms with E-state index in [4.69, 9.17) is 4.74 Å². The first kappa shape index (κ1) is 11.0. The van der Waals surface area contributed by atoms with Crippen LogP contribution < -0.4 is 5.32 Å². The van der Waals surface area contributed by atoms with Crippen LogP contribution in [0.2, 0.25) is 0 Å². The van der Waals surface area contributed by atoms with Crippen LogP contribution in [0.15, 0.2) is 0 Å². The number of carbonyl (C=O) groups excluding carboxylic acids is 1. The number of alkyl halides is 1. The summed E-state index contributed by atoms with van der Waals surface area (Å²) in [6.07, 6.45) is 1.08. The molecule has 13 heavy (non-hydrogen) atoms. The molecule has 1 aliphatic rings. The quantitative estimate of drug-likeness (QED) is 0.767. The molecule has 0 bridgehead atoms. The average Bonchev–Trinajstić information content (AvgIpc) is 2.47. The molecule has 0 spiro atoms. The van der Waals surface area contributed by atoms with E-state index >= 15 is 0 Å². The summed E-state index contributed by atoms with van der Waals surface area (Å²) in [7, 11) is 0. The lowest BCUT2D eigenvalue weighted by atomic mass is 10.1. The van der Waals surface area contributed by atoms with Gasteiger partial charge >= 0.3 is 0 Å². The van der Waals surface area contributed by atoms with Crippen molar-refractivity contribution in [2.75, 3.05) is 13.2 Å². The van der Waals surface area contributed by atoms with E-state index in [0.29, 0.717) is 18.0 Å². The van der Waals surface area contributed by atoms with Crippen molar-refractivity contribution in [1.29, 1.82) is 0 Å². The van der Waals surface area contributed by atoms with Crippen molar-refractivity contribution in [3.63, 3.8) is 0 Å². The maximum Gasteiger partial charge on any atom is 0.225 e. The van der Waals surface area contributed by atoms with Gasteiger partial charge in [-0.15, -0.1) is 0 Å². The number of nitrogens with one attached hydrogen (secondary N) is 1. The van der Waals surface area contributed by atoms with Crippen LogP contribution in [-0.4, -0.2) is 30.0 Å². The van der Waals surface area contributed by atoms with Crippen molar-refractivity contribution in [1.82, 2.24) is 5.32 Å². The maximum atomic E-state index is 11.5. The SMILES string of the molecule is CC(Br)CNC(=O)C1COC(C)C1. The second-order valence-electron chi connectivity index (χ2n) is 3.60. The highest BCUT2D eigenvalue weighted by Crippen LogP contribution is 2.18. The summed E-state index contributed by atoms with van der Waals surface area (Å²) >= 11 is 3.38. The first-order valence-electron chi connectivity index (χ1n) is 4.63. The molecule has 1 aliphatic heterocycles. The van der Waals surface area contributed by atoms with Gasteiger partial charge in [0.1, 0.15) is 0 Å². The number of rotatable bonds is 3. The Kier molecular flexibility index (Phi) is 4.19. The number of hydrogen-bond donors (Lipinski definition) is 1. The van der Waals surface area contributed by atoms with Gasteiger partial charge < -0.3 is 10.1 Å². The van der Waals surface area contributed by atoms with Crippen molar-refractivity contribution >= 4 is 21.8 Å². The molecule has 1 rings (SSSR count). The molecule has 0 aliphatic carbocycles. The molecule has 0 radical (unpaired) electrons. The number of halogens is 1. The standard InChI is InChI=1S/C9H16BrNO2/c1-6(10)4-11-9(12)8-3-7(2)13-5-8/h6-8H,3-5H2,1-2H3,(H,11,12). The topological polar surface area (TPSA) is 38.3 Å². The fourth-order valence-electron chi connectivity index (χ4n) is 1.39. The normalized spacial score (nSPS) is 30.1. The first-order chi connectivity index (χ1) is 6.09. The van der Waals surface area contributed by atoms with Crippen molar-refractivity contribution in [3.05, 3.63) is 0 Å². The zero-order valence-electron chi connectivity index (χ0n) is 8.05. The minimum atomic E-state index is 0.0567. The highest BCUT2D eigenvalue weighted by atomic mass is 79.9. The summed E-state index contributed by atoms with van der Waals surface area (Å²) in [4.78, 5) is 11.8. The van der Waals surface area contributed by atoms with Crippen LogP contribution in [0.1, 0.15) is 20.3 Å². The summed E-state index contributed by atoms with van der Waals surface area (Å²) in [5.74, 6) is 0.178. The number of carbonyl (C=O) groups is 1. The van der Waals surface area contributed by atoms with E-state index in [1.807, 2.05) is 13.8 Å². The van der Waals surface area contributed by atoms with E-state index < -0.39 is 0 Å². The van der Waals surface area contributed by atoms with E-state index in [-0.39, 0.29) is 17.9 Å². The Bertz CT molecular complexity index is 184. The lowest BCUT2D eigenvalue weighted by molar-refractivity contribution is -0.124. The predicted molar refractivity (Wildman–Crippen MR) is 54.9 cm³/mol. The maximum absolute atomic E-state index is 11.5. The smallest absolute Gasteiger partial charge is 0.225 e. The highest BCUT2D eigenvalue weighted by molar-refractivity contribution is 9.09. The van der Waals surface area contributed by atoms with Gasteiger partial charge in [-0.3, -0.25) is 4.79 Å². The lowest BCUT2D eigenvalue weighted by Crippen LogP contribution is -2.34. The molecule has 1 fully saturated rings. The van der Waals surface area contributed by atoms with E-state index in [1.165, 1.54) is 0 Å². The third kappa shape index (κ3) is 3.65. The third-order valence-electron chi connectivity index (χ3n) is 2.13. The fraction of sp³-hybridized carbons (Fsp3) is 0.889. The fourth-order valence-corrected chi connectivity index (χ4v) is 1.55. The zero-order valence-corrected chi connectivity index (χ0v) is 9.63. The van der Waals surface area contributed by atoms with Gasteiger partial charge in [-0.05, 0) is 13.3 Å². The van der Waals surface area contributed by atoms with Gasteiger partial charge in [0.05, 0.1) is 18.6 Å². The van der Waals surface area contributed by atoms with Crippen LogP contribution in [-0.2, 0) is 9.53 Å². The Morgan fingerprint density at radius 3 is 2.92 bits per heavy atom. The Morgan fingerprint density at radius 1 is 1.77 bits per heavy atom. The van der Waals surface area contributed by atoms with Crippen molar-refractivity contribution in [3.8, 4) is 0 Å². The zero-order chi connectivity index (χ0) is 9.84. The summed E-state index contributed by atoms with van der Waals surface area (Å²) in [6.45, 7) is 5.27. The van der Waals surface area contributed by atoms with E-state index in [2.05, 4.69) is 21.2 Å². The predicted octanol–water partition coefficient (Wildman–Crippen LogP) is 1.31. The first-order valence-corrected chi connectivity index (χ1v) is 5.54. The highest BCUT2D eigenvalue weighted by Gasteiger charge is 2.27. The van der Waals surface area contributed by atoms with E-state index in [0.717, 1.165) is 6.42 Å². The van der Waals surface area contributed by atoms with Crippen LogP contribution in [0.25, 0.3) is 0 Å². The number of ether oxygens (including phenoxy) is 1. The molecule has 3 atom stereocenters. The van der Waals surface area contributed by atoms with Crippen LogP contribution in [0, 0.1) is 5.92 Å². The largest absolute Gasteiger partial charge is 0.378 e. The molecule has 1 heterocycles. The van der Waals surface area contributed by atoms with Gasteiger partial charge in [-0.25, -0.2) is 0 Å². The van der Waals surface area contributed by atoms with Crippen LogP contribution >= 0.6 is 15.9 Å². The number of hydrogen-bond acceptors (Lipinski definition) is 2. The Hall–Kier alpha value is -0.0900. The molecule has 1 N–H and O–H groups in total. The Balaban J connectivity index is 2.24. The second kappa shape index (κ2) is 4.96. The summed E-state index contributed by atoms with van der Waals surface area (Å²) in [6, 6.07) is 0. The molecule has 0 aromatic carbocycles. The summed E-state index contributed by atoms with van der Waals surface area (Å²) in [5.41, 5.74) is 0. The van der Waals surface area contributed by atoms with Crippen LogP contribution in [0.3, 0.4) is 0 Å². The minimum Gasteiger partial charge on any atom is -0.378 e. The lowest BCUT2D eigenvalue weighted by Gasteiger charge is -2.10. The van der Waals surface area contributed by atoms with Gasteiger partial charge in [0, 0.05) is 11.4 Å². The van der Waals surface area contributed by atoms with Crippen LogP contribution in [0.5, 0.6) is 0 Å². The van der Waals surface area contributed by atoms with Crippen molar-refractivity contribution in [2.24, 2.45) is 5.92 Å². The van der Waals surface area contributed by atoms with Crippen LogP contribution in [0.4, 0.5) is 0 Å². The van der Waals surface area contributed by atoms with Gasteiger partial charge in [0.2, 0.25) is 5.91 Å². The molecule has 0 saturated carbocycles. The third-order valence-corrected chi connectivity index (χ3v) is 2.45. The molecule has 3 nitrogen and oxygen atoms in total. The second-order valence-corrected chi connectivity index (χ2v) is 5.17. The van der Waals surface area contributed by atoms with E-state index in [9.17, 15) is 4.79 Å². The molecule has 1 saturated heterocycles. The van der Waals surface area contributed by atoms with Gasteiger partial charge in [0.15, 0.2) is 0 Å². The molecule has 1 amide bonds. The molecule has 76 valence electrons.